The average Bonchev–Trinajstić information content (AvgIpc) is 3.26. The van der Waals surface area contributed by atoms with Gasteiger partial charge in [0.15, 0.2) is 6.10 Å². The van der Waals surface area contributed by atoms with E-state index in [2.05, 4.69) is 106 Å². The summed E-state index contributed by atoms with van der Waals surface area (Å²) >= 11 is 0. The Morgan fingerprint density at radius 3 is 1.07 bits per heavy atom. The normalized spacial score (nSPS) is 12.8. The first-order valence-electron chi connectivity index (χ1n) is 25.1. The summed E-state index contributed by atoms with van der Waals surface area (Å²) in [4.78, 5) is 37.8. The first kappa shape index (κ1) is 57.6. The molecule has 0 aromatic heterocycles. The lowest BCUT2D eigenvalue weighted by Gasteiger charge is -2.18. The van der Waals surface area contributed by atoms with Gasteiger partial charge < -0.3 is 14.2 Å². The Hall–Kier alpha value is -3.41. The summed E-state index contributed by atoms with van der Waals surface area (Å²) in [6.45, 7) is 6.32. The van der Waals surface area contributed by atoms with E-state index in [9.17, 15) is 14.4 Å². The van der Waals surface area contributed by atoms with Gasteiger partial charge in [-0.1, -0.05) is 209 Å². The topological polar surface area (TPSA) is 78.9 Å². The van der Waals surface area contributed by atoms with E-state index >= 15 is 0 Å². The average molecular weight is 849 g/mol. The Kier molecular flexibility index (Phi) is 46.5. The molecule has 0 N–H and O–H groups in total. The molecule has 0 spiro atoms. The molecule has 0 aliphatic rings. The quantitative estimate of drug-likeness (QED) is 0.0263. The van der Waals surface area contributed by atoms with Gasteiger partial charge in [-0.3, -0.25) is 14.4 Å². The van der Waals surface area contributed by atoms with Crippen LogP contribution in [0.2, 0.25) is 0 Å². The summed E-state index contributed by atoms with van der Waals surface area (Å²) in [5.74, 6) is -1.00. The van der Waals surface area contributed by atoms with Crippen molar-refractivity contribution in [2.24, 2.45) is 0 Å². The van der Waals surface area contributed by atoms with Gasteiger partial charge >= 0.3 is 17.9 Å². The van der Waals surface area contributed by atoms with E-state index in [0.29, 0.717) is 19.3 Å². The third kappa shape index (κ3) is 47.5. The molecule has 0 saturated heterocycles. The fraction of sp³-hybridized carbons (Fsp3) is 0.691. The molecule has 0 heterocycles. The van der Waals surface area contributed by atoms with Crippen LogP contribution in [0.25, 0.3) is 0 Å². The number of hydrogen-bond acceptors (Lipinski definition) is 6. The van der Waals surface area contributed by atoms with Crippen LogP contribution in [0.15, 0.2) is 85.1 Å². The van der Waals surface area contributed by atoms with Crippen LogP contribution in [-0.4, -0.2) is 37.2 Å². The van der Waals surface area contributed by atoms with Crippen LogP contribution in [0, 0.1) is 0 Å². The van der Waals surface area contributed by atoms with Gasteiger partial charge in [0.25, 0.3) is 0 Å². The molecule has 1 atom stereocenters. The maximum atomic E-state index is 12.8. The minimum Gasteiger partial charge on any atom is -0.462 e. The SMILES string of the molecule is CC/C=C\C/C=C\C/C=C\C/C=C\C/C=C\CCCC(=O)OCC(COC(=O)CCCC/C=C\C/C=C\CC)OC(=O)CCCCCCCCCCCCCCCCCCC. The molecule has 0 aromatic rings. The van der Waals surface area contributed by atoms with E-state index in [1.807, 2.05) is 0 Å². The van der Waals surface area contributed by atoms with Gasteiger partial charge in [-0.15, -0.1) is 0 Å². The first-order chi connectivity index (χ1) is 30.0. The Balaban J connectivity index is 4.43. The lowest BCUT2D eigenvalue weighted by atomic mass is 10.0. The van der Waals surface area contributed by atoms with Crippen LogP contribution < -0.4 is 0 Å². The zero-order chi connectivity index (χ0) is 44.4. The minimum atomic E-state index is -0.809. The Morgan fingerprint density at radius 1 is 0.344 bits per heavy atom. The molecule has 0 aliphatic carbocycles. The molecule has 1 unspecified atom stereocenters. The number of carbonyl (C=O) groups is 3. The summed E-state index contributed by atoms with van der Waals surface area (Å²) in [5.41, 5.74) is 0. The molecule has 0 bridgehead atoms. The first-order valence-corrected chi connectivity index (χ1v) is 25.1. The second kappa shape index (κ2) is 49.2. The van der Waals surface area contributed by atoms with Crippen molar-refractivity contribution in [3.63, 3.8) is 0 Å². The summed E-state index contributed by atoms with van der Waals surface area (Å²) in [7, 11) is 0. The summed E-state index contributed by atoms with van der Waals surface area (Å²) in [5, 5.41) is 0. The minimum absolute atomic E-state index is 0.111. The molecular weight excluding hydrogens is 757 g/mol. The van der Waals surface area contributed by atoms with Crippen LogP contribution >= 0.6 is 0 Å². The fourth-order valence-electron chi connectivity index (χ4n) is 6.69. The van der Waals surface area contributed by atoms with Crippen molar-refractivity contribution in [3.8, 4) is 0 Å². The molecule has 0 radical (unpaired) electrons. The van der Waals surface area contributed by atoms with Gasteiger partial charge in [-0.25, -0.2) is 0 Å². The van der Waals surface area contributed by atoms with Crippen molar-refractivity contribution in [2.45, 2.75) is 232 Å². The highest BCUT2D eigenvalue weighted by Crippen LogP contribution is 2.15. The maximum absolute atomic E-state index is 12.8. The smallest absolute Gasteiger partial charge is 0.306 e. The van der Waals surface area contributed by atoms with E-state index in [0.717, 1.165) is 89.9 Å². The Bertz CT molecular complexity index is 1200. The molecule has 6 heteroatoms. The molecule has 0 rings (SSSR count). The molecule has 61 heavy (non-hydrogen) atoms. The maximum Gasteiger partial charge on any atom is 0.306 e. The number of carbonyl (C=O) groups excluding carboxylic acids is 3. The Morgan fingerprint density at radius 2 is 0.656 bits per heavy atom. The number of allylic oxidation sites excluding steroid dienone is 14. The summed E-state index contributed by atoms with van der Waals surface area (Å²) in [6, 6.07) is 0. The van der Waals surface area contributed by atoms with E-state index < -0.39 is 6.10 Å². The molecule has 348 valence electrons. The second-order valence-electron chi connectivity index (χ2n) is 16.3. The van der Waals surface area contributed by atoms with Crippen LogP contribution in [0.1, 0.15) is 226 Å². The lowest BCUT2D eigenvalue weighted by Crippen LogP contribution is -2.30. The highest BCUT2D eigenvalue weighted by Gasteiger charge is 2.19. The molecule has 0 fully saturated rings. The standard InChI is InChI=1S/C55H92O6/c1-4-7-10-13-16-19-21-23-25-27-29-31-33-36-39-42-45-48-54(57)60-51-52(50-59-53(56)47-44-41-38-35-18-15-12-9-6-3)61-55(58)49-46-43-40-37-34-32-30-28-26-24-22-20-17-14-11-8-5-2/h7,9-10,12,16,18-19,23,25,29,31,35-36,39,52H,4-6,8,11,13-15,17,20-22,24,26-28,30,32-34,37-38,40-51H2,1-3H3/b10-7-,12-9-,19-16-,25-23-,31-29-,35-18-,39-36-. The number of unbranched alkanes of at least 4 members (excludes halogenated alkanes) is 19. The molecular formula is C55H92O6. The van der Waals surface area contributed by atoms with Crippen LogP contribution in [0.4, 0.5) is 0 Å². The second-order valence-corrected chi connectivity index (χ2v) is 16.3. The van der Waals surface area contributed by atoms with Crippen LogP contribution in [-0.2, 0) is 28.6 Å². The van der Waals surface area contributed by atoms with Gasteiger partial charge in [0.1, 0.15) is 13.2 Å². The Labute approximate surface area is 375 Å². The third-order valence-electron chi connectivity index (χ3n) is 10.4. The molecule has 6 nitrogen and oxygen atoms in total. The molecule has 0 aliphatic heterocycles. The van der Waals surface area contributed by atoms with Crippen molar-refractivity contribution >= 4 is 17.9 Å². The number of ether oxygens (including phenoxy) is 3. The van der Waals surface area contributed by atoms with Crippen LogP contribution in [0.5, 0.6) is 0 Å². The monoisotopic (exact) mass is 849 g/mol. The molecule has 0 amide bonds. The largest absolute Gasteiger partial charge is 0.462 e. The number of rotatable bonds is 44. The zero-order valence-electron chi connectivity index (χ0n) is 39.7. The van der Waals surface area contributed by atoms with Gasteiger partial charge in [0.2, 0.25) is 0 Å². The van der Waals surface area contributed by atoms with E-state index in [1.165, 1.54) is 89.9 Å². The zero-order valence-corrected chi connectivity index (χ0v) is 39.7. The highest BCUT2D eigenvalue weighted by molar-refractivity contribution is 5.71. The predicted molar refractivity (Wildman–Crippen MR) is 261 cm³/mol. The van der Waals surface area contributed by atoms with Crippen molar-refractivity contribution in [1.29, 1.82) is 0 Å². The van der Waals surface area contributed by atoms with Gasteiger partial charge in [0.05, 0.1) is 0 Å². The molecule has 0 saturated carbocycles. The van der Waals surface area contributed by atoms with E-state index in [-0.39, 0.29) is 37.5 Å². The summed E-state index contributed by atoms with van der Waals surface area (Å²) in [6.07, 6.45) is 63.0. The summed E-state index contributed by atoms with van der Waals surface area (Å²) < 4.78 is 16.7. The fourth-order valence-corrected chi connectivity index (χ4v) is 6.69. The van der Waals surface area contributed by atoms with Crippen LogP contribution in [0.3, 0.4) is 0 Å². The van der Waals surface area contributed by atoms with E-state index in [1.54, 1.807) is 0 Å². The number of hydrogen-bond donors (Lipinski definition) is 0. The van der Waals surface area contributed by atoms with Crippen molar-refractivity contribution in [2.75, 3.05) is 13.2 Å². The van der Waals surface area contributed by atoms with Gasteiger partial charge in [-0.2, -0.15) is 0 Å². The van der Waals surface area contributed by atoms with E-state index in [4.69, 9.17) is 14.2 Å². The highest BCUT2D eigenvalue weighted by atomic mass is 16.6. The predicted octanol–water partition coefficient (Wildman–Crippen LogP) is 16.4. The van der Waals surface area contributed by atoms with Gasteiger partial charge in [0, 0.05) is 19.3 Å². The number of esters is 3. The lowest BCUT2D eigenvalue weighted by molar-refractivity contribution is -0.167. The van der Waals surface area contributed by atoms with Crippen molar-refractivity contribution in [3.05, 3.63) is 85.1 Å². The third-order valence-corrected chi connectivity index (χ3v) is 10.4. The van der Waals surface area contributed by atoms with Crippen molar-refractivity contribution < 1.29 is 28.6 Å². The molecule has 0 aromatic carbocycles. The van der Waals surface area contributed by atoms with Crippen molar-refractivity contribution in [1.82, 2.24) is 0 Å². The van der Waals surface area contributed by atoms with Gasteiger partial charge in [-0.05, 0) is 83.5 Å².